The van der Waals surface area contributed by atoms with Gasteiger partial charge in [0.1, 0.15) is 0 Å². The summed E-state index contributed by atoms with van der Waals surface area (Å²) in [6.45, 7) is 4.84. The molecule has 0 N–H and O–H groups in total. The second-order valence-corrected chi connectivity index (χ2v) is 4.98. The Hall–Kier alpha value is -1.53. The van der Waals surface area contributed by atoms with Gasteiger partial charge in [0.2, 0.25) is 0 Å². The molecule has 3 nitrogen and oxygen atoms in total. The molecule has 0 aromatic heterocycles. The van der Waals surface area contributed by atoms with Gasteiger partial charge in [0, 0.05) is 19.3 Å². The van der Waals surface area contributed by atoms with Gasteiger partial charge in [-0.2, -0.15) is 5.26 Å². The van der Waals surface area contributed by atoms with Crippen molar-refractivity contribution in [2.75, 3.05) is 38.1 Å². The Morgan fingerprint density at radius 1 is 1.22 bits per heavy atom. The molecule has 3 heteroatoms. The molecule has 0 atom stereocenters. The summed E-state index contributed by atoms with van der Waals surface area (Å²) >= 11 is 0. The highest BCUT2D eigenvalue weighted by atomic mass is 15.1. The zero-order chi connectivity index (χ0) is 12.8. The Balaban J connectivity index is 1.76. The molecule has 1 saturated heterocycles. The van der Waals surface area contributed by atoms with Crippen LogP contribution < -0.4 is 4.90 Å². The summed E-state index contributed by atoms with van der Waals surface area (Å²) in [7, 11) is 2.12. The van der Waals surface area contributed by atoms with Crippen molar-refractivity contribution < 1.29 is 0 Å². The molecule has 1 heterocycles. The molecule has 0 saturated carbocycles. The predicted molar refractivity (Wildman–Crippen MR) is 74.7 cm³/mol. The van der Waals surface area contributed by atoms with Crippen molar-refractivity contribution in [2.45, 2.75) is 19.3 Å². The molecular formula is C15H21N3. The van der Waals surface area contributed by atoms with E-state index in [0.717, 1.165) is 12.1 Å². The number of anilines is 1. The lowest BCUT2D eigenvalue weighted by atomic mass is 10.2. The van der Waals surface area contributed by atoms with Crippen LogP contribution in [0, 0.1) is 11.3 Å². The van der Waals surface area contributed by atoms with E-state index in [1.807, 2.05) is 24.3 Å². The molecule has 2 rings (SSSR count). The summed E-state index contributed by atoms with van der Waals surface area (Å²) in [5, 5.41) is 8.76. The molecule has 0 amide bonds. The number of nitriles is 1. The number of hydrogen-bond donors (Lipinski definition) is 0. The van der Waals surface area contributed by atoms with Crippen LogP contribution in [-0.4, -0.2) is 38.1 Å². The first-order valence-corrected chi connectivity index (χ1v) is 6.73. The maximum Gasteiger partial charge on any atom is 0.0991 e. The fourth-order valence-corrected chi connectivity index (χ4v) is 2.46. The topological polar surface area (TPSA) is 30.3 Å². The molecule has 1 aromatic rings. The van der Waals surface area contributed by atoms with Crippen molar-refractivity contribution in [3.63, 3.8) is 0 Å². The lowest BCUT2D eigenvalue weighted by Gasteiger charge is -2.21. The molecule has 0 bridgehead atoms. The summed E-state index contributed by atoms with van der Waals surface area (Å²) in [6, 6.07) is 9.96. The second-order valence-electron chi connectivity index (χ2n) is 4.98. The molecular weight excluding hydrogens is 222 g/mol. The SMILES string of the molecule is CN(CCCN1CCCC1)c1ccc(C#N)cc1. The van der Waals surface area contributed by atoms with Gasteiger partial charge in [-0.25, -0.2) is 0 Å². The first kappa shape index (κ1) is 12.9. The van der Waals surface area contributed by atoms with E-state index in [9.17, 15) is 0 Å². The minimum atomic E-state index is 0.726. The van der Waals surface area contributed by atoms with Gasteiger partial charge >= 0.3 is 0 Å². The van der Waals surface area contributed by atoms with Gasteiger partial charge in [-0.1, -0.05) is 0 Å². The molecule has 0 spiro atoms. The van der Waals surface area contributed by atoms with Crippen molar-refractivity contribution in [2.24, 2.45) is 0 Å². The molecule has 1 aromatic carbocycles. The molecule has 18 heavy (non-hydrogen) atoms. The third kappa shape index (κ3) is 3.48. The lowest BCUT2D eigenvalue weighted by Crippen LogP contribution is -2.26. The number of benzene rings is 1. The first-order valence-electron chi connectivity index (χ1n) is 6.73. The standard InChI is InChI=1S/C15H21N3/c1-17(9-4-12-18-10-2-3-11-18)15-7-5-14(13-16)6-8-15/h5-8H,2-4,9-12H2,1H3. The summed E-state index contributed by atoms with van der Waals surface area (Å²) < 4.78 is 0. The highest BCUT2D eigenvalue weighted by Crippen LogP contribution is 2.14. The maximum absolute atomic E-state index is 8.76. The van der Waals surface area contributed by atoms with Gasteiger partial charge in [0.05, 0.1) is 11.6 Å². The largest absolute Gasteiger partial charge is 0.375 e. The molecule has 0 aliphatic carbocycles. The molecule has 1 aliphatic heterocycles. The molecule has 96 valence electrons. The van der Waals surface area contributed by atoms with E-state index in [1.165, 1.54) is 44.6 Å². The fourth-order valence-electron chi connectivity index (χ4n) is 2.46. The van der Waals surface area contributed by atoms with Gasteiger partial charge in [-0.05, 0) is 63.2 Å². The van der Waals surface area contributed by atoms with E-state index in [4.69, 9.17) is 5.26 Å². The average Bonchev–Trinajstić information content (AvgIpc) is 2.92. The van der Waals surface area contributed by atoms with Crippen molar-refractivity contribution in [3.05, 3.63) is 29.8 Å². The van der Waals surface area contributed by atoms with Crippen LogP contribution in [0.2, 0.25) is 0 Å². The van der Waals surface area contributed by atoms with Crippen molar-refractivity contribution >= 4 is 5.69 Å². The van der Waals surface area contributed by atoms with Crippen LogP contribution in [-0.2, 0) is 0 Å². The quantitative estimate of drug-likeness (QED) is 0.796. The molecule has 1 aliphatic rings. The Morgan fingerprint density at radius 3 is 2.50 bits per heavy atom. The minimum Gasteiger partial charge on any atom is -0.375 e. The smallest absolute Gasteiger partial charge is 0.0991 e. The number of rotatable bonds is 5. The number of nitrogens with zero attached hydrogens (tertiary/aromatic N) is 3. The third-order valence-corrected chi connectivity index (χ3v) is 3.60. The van der Waals surface area contributed by atoms with Gasteiger partial charge in [-0.15, -0.1) is 0 Å². The highest BCUT2D eigenvalue weighted by Gasteiger charge is 2.10. The average molecular weight is 243 g/mol. The third-order valence-electron chi connectivity index (χ3n) is 3.60. The van der Waals surface area contributed by atoms with Crippen molar-refractivity contribution in [1.29, 1.82) is 5.26 Å². The van der Waals surface area contributed by atoms with Gasteiger partial charge in [0.25, 0.3) is 0 Å². The summed E-state index contributed by atoms with van der Waals surface area (Å²) in [4.78, 5) is 4.81. The zero-order valence-electron chi connectivity index (χ0n) is 11.1. The maximum atomic E-state index is 8.76. The van der Waals surface area contributed by atoms with Crippen molar-refractivity contribution in [1.82, 2.24) is 4.90 Å². The van der Waals surface area contributed by atoms with Crippen LogP contribution >= 0.6 is 0 Å². The van der Waals surface area contributed by atoms with Crippen LogP contribution in [0.4, 0.5) is 5.69 Å². The Labute approximate surface area is 110 Å². The number of hydrogen-bond acceptors (Lipinski definition) is 3. The lowest BCUT2D eigenvalue weighted by molar-refractivity contribution is 0.335. The van der Waals surface area contributed by atoms with E-state index in [0.29, 0.717) is 0 Å². The Kier molecular flexibility index (Phi) is 4.60. The first-order chi connectivity index (χ1) is 8.79. The van der Waals surface area contributed by atoms with E-state index in [1.54, 1.807) is 0 Å². The van der Waals surface area contributed by atoms with Gasteiger partial charge in [0.15, 0.2) is 0 Å². The summed E-state index contributed by atoms with van der Waals surface area (Å²) in [5.74, 6) is 0. The van der Waals surface area contributed by atoms with Crippen LogP contribution in [0.15, 0.2) is 24.3 Å². The van der Waals surface area contributed by atoms with Crippen LogP contribution in [0.5, 0.6) is 0 Å². The van der Waals surface area contributed by atoms with Crippen LogP contribution in [0.25, 0.3) is 0 Å². The van der Waals surface area contributed by atoms with E-state index < -0.39 is 0 Å². The van der Waals surface area contributed by atoms with Gasteiger partial charge < -0.3 is 9.80 Å². The van der Waals surface area contributed by atoms with Crippen LogP contribution in [0.3, 0.4) is 0 Å². The number of likely N-dealkylation sites (tertiary alicyclic amines) is 1. The fraction of sp³-hybridized carbons (Fsp3) is 0.533. The highest BCUT2D eigenvalue weighted by molar-refractivity contribution is 5.48. The summed E-state index contributed by atoms with van der Waals surface area (Å²) in [6.07, 6.45) is 3.94. The zero-order valence-corrected chi connectivity index (χ0v) is 11.1. The Morgan fingerprint density at radius 2 is 1.89 bits per heavy atom. The van der Waals surface area contributed by atoms with E-state index in [-0.39, 0.29) is 0 Å². The van der Waals surface area contributed by atoms with Crippen molar-refractivity contribution in [3.8, 4) is 6.07 Å². The predicted octanol–water partition coefficient (Wildman–Crippen LogP) is 2.48. The molecule has 0 radical (unpaired) electrons. The van der Waals surface area contributed by atoms with E-state index >= 15 is 0 Å². The second kappa shape index (κ2) is 6.42. The molecule has 0 unspecified atom stereocenters. The monoisotopic (exact) mass is 243 g/mol. The summed E-state index contributed by atoms with van der Waals surface area (Å²) in [5.41, 5.74) is 1.92. The van der Waals surface area contributed by atoms with Gasteiger partial charge in [-0.3, -0.25) is 0 Å². The normalized spacial score (nSPS) is 15.6. The molecule has 1 fully saturated rings. The minimum absolute atomic E-state index is 0.726. The Bertz CT molecular complexity index is 399. The van der Waals surface area contributed by atoms with Crippen LogP contribution in [0.1, 0.15) is 24.8 Å². The van der Waals surface area contributed by atoms with E-state index in [2.05, 4.69) is 22.9 Å².